The van der Waals surface area contributed by atoms with Gasteiger partial charge in [0.25, 0.3) is 0 Å². The van der Waals surface area contributed by atoms with Gasteiger partial charge in [-0.2, -0.15) is 0 Å². The third-order valence-electron chi connectivity index (χ3n) is 3.71. The van der Waals surface area contributed by atoms with Gasteiger partial charge in [-0.1, -0.05) is 18.2 Å². The number of halogens is 1. The number of para-hydroxylation sites is 1. The molecule has 122 valence electrons. The van der Waals surface area contributed by atoms with Gasteiger partial charge in [-0.3, -0.25) is 0 Å². The second-order valence-corrected chi connectivity index (χ2v) is 5.74. The molecule has 0 saturated carbocycles. The molecule has 0 aromatic heterocycles. The van der Waals surface area contributed by atoms with E-state index in [1.807, 2.05) is 32.3 Å². The predicted octanol–water partition coefficient (Wildman–Crippen LogP) is 3.63. The third-order valence-corrected chi connectivity index (χ3v) is 3.71. The quantitative estimate of drug-likeness (QED) is 0.814. The lowest BCUT2D eigenvalue weighted by Crippen LogP contribution is -2.19. The number of benzene rings is 2. The zero-order chi connectivity index (χ0) is 16.2. The van der Waals surface area contributed by atoms with Gasteiger partial charge in [-0.15, -0.1) is 0 Å². The second-order valence-electron chi connectivity index (χ2n) is 5.74. The molecule has 0 amide bonds. The molecule has 0 aliphatic carbocycles. The number of rotatable bonds is 6. The molecule has 4 nitrogen and oxygen atoms in total. The monoisotopic (exact) mass is 317 g/mol. The fraction of sp³-hybridized carbons (Fsp3) is 0.333. The van der Waals surface area contributed by atoms with Crippen LogP contribution in [0.2, 0.25) is 0 Å². The SMILES string of the molecule is CN(C)CCC(Oc1cccc2c1OCO2)c1ccc(F)cc1. The zero-order valence-electron chi connectivity index (χ0n) is 13.3. The number of hydrogen-bond acceptors (Lipinski definition) is 4. The highest BCUT2D eigenvalue weighted by atomic mass is 19.1. The molecule has 23 heavy (non-hydrogen) atoms. The van der Waals surface area contributed by atoms with Crippen LogP contribution in [-0.2, 0) is 0 Å². The van der Waals surface area contributed by atoms with Gasteiger partial charge < -0.3 is 19.1 Å². The van der Waals surface area contributed by atoms with Crippen molar-refractivity contribution in [1.29, 1.82) is 0 Å². The summed E-state index contributed by atoms with van der Waals surface area (Å²) in [6.45, 7) is 1.06. The summed E-state index contributed by atoms with van der Waals surface area (Å²) in [5.41, 5.74) is 0.935. The standard InChI is InChI=1S/C18H20FNO3/c1-20(2)11-10-15(13-6-8-14(19)9-7-13)23-17-5-3-4-16-18(17)22-12-21-16/h3-9,15H,10-12H2,1-2H3. The normalized spacial score (nSPS) is 14.1. The van der Waals surface area contributed by atoms with Crippen molar-refractivity contribution >= 4 is 0 Å². The van der Waals surface area contributed by atoms with Crippen LogP contribution in [0.5, 0.6) is 17.2 Å². The average molecular weight is 317 g/mol. The van der Waals surface area contributed by atoms with Crippen LogP contribution < -0.4 is 14.2 Å². The first kappa shape index (κ1) is 15.6. The number of fused-ring (bicyclic) bond motifs is 1. The molecule has 1 aliphatic heterocycles. The summed E-state index contributed by atoms with van der Waals surface area (Å²) in [5, 5.41) is 0. The van der Waals surface area contributed by atoms with Gasteiger partial charge in [0, 0.05) is 13.0 Å². The summed E-state index contributed by atoms with van der Waals surface area (Å²) in [4.78, 5) is 2.09. The maximum absolute atomic E-state index is 13.2. The molecule has 0 saturated heterocycles. The van der Waals surface area contributed by atoms with Crippen LogP contribution in [0.4, 0.5) is 4.39 Å². The summed E-state index contributed by atoms with van der Waals surface area (Å²) in [6, 6.07) is 12.0. The van der Waals surface area contributed by atoms with Crippen LogP contribution in [0.15, 0.2) is 42.5 Å². The van der Waals surface area contributed by atoms with Crippen LogP contribution in [-0.4, -0.2) is 32.3 Å². The first-order valence-corrected chi connectivity index (χ1v) is 7.59. The average Bonchev–Trinajstić information content (AvgIpc) is 3.01. The fourth-order valence-corrected chi connectivity index (χ4v) is 2.50. The maximum atomic E-state index is 13.2. The Morgan fingerprint density at radius 1 is 1.13 bits per heavy atom. The highest BCUT2D eigenvalue weighted by Gasteiger charge is 2.22. The third kappa shape index (κ3) is 3.74. The van der Waals surface area contributed by atoms with Gasteiger partial charge in [0.1, 0.15) is 11.9 Å². The fourth-order valence-electron chi connectivity index (χ4n) is 2.50. The van der Waals surface area contributed by atoms with Crippen LogP contribution in [0.1, 0.15) is 18.1 Å². The Bertz CT molecular complexity index is 658. The lowest BCUT2D eigenvalue weighted by Gasteiger charge is -2.22. The van der Waals surface area contributed by atoms with E-state index in [0.717, 1.165) is 18.5 Å². The minimum absolute atomic E-state index is 0.186. The molecule has 1 aliphatic rings. The molecular formula is C18H20FNO3. The molecular weight excluding hydrogens is 297 g/mol. The molecule has 0 N–H and O–H groups in total. The van der Waals surface area contributed by atoms with E-state index in [1.54, 1.807) is 12.1 Å². The van der Waals surface area contributed by atoms with E-state index < -0.39 is 0 Å². The predicted molar refractivity (Wildman–Crippen MR) is 85.5 cm³/mol. The molecule has 2 aromatic carbocycles. The lowest BCUT2D eigenvalue weighted by molar-refractivity contribution is 0.153. The van der Waals surface area contributed by atoms with Gasteiger partial charge in [0.15, 0.2) is 11.5 Å². The molecule has 0 radical (unpaired) electrons. The molecule has 2 aromatic rings. The number of nitrogens with zero attached hydrogens (tertiary/aromatic N) is 1. The Morgan fingerprint density at radius 2 is 1.91 bits per heavy atom. The molecule has 0 spiro atoms. The van der Waals surface area contributed by atoms with Gasteiger partial charge >= 0.3 is 0 Å². The molecule has 0 fully saturated rings. The summed E-state index contributed by atoms with van der Waals surface area (Å²) in [7, 11) is 4.03. The van der Waals surface area contributed by atoms with Crippen LogP contribution >= 0.6 is 0 Å². The Morgan fingerprint density at radius 3 is 2.65 bits per heavy atom. The summed E-state index contributed by atoms with van der Waals surface area (Å²) < 4.78 is 30.2. The Hall–Kier alpha value is -2.27. The van der Waals surface area contributed by atoms with Crippen molar-refractivity contribution in [1.82, 2.24) is 4.90 Å². The highest BCUT2D eigenvalue weighted by Crippen LogP contribution is 2.42. The van der Waals surface area contributed by atoms with Gasteiger partial charge in [0.05, 0.1) is 0 Å². The van der Waals surface area contributed by atoms with Crippen LogP contribution in [0, 0.1) is 5.82 Å². The molecule has 5 heteroatoms. The van der Waals surface area contributed by atoms with Crippen molar-refractivity contribution in [2.45, 2.75) is 12.5 Å². The van der Waals surface area contributed by atoms with E-state index in [9.17, 15) is 4.39 Å². The van der Waals surface area contributed by atoms with Crippen molar-refractivity contribution in [3.63, 3.8) is 0 Å². The second kappa shape index (κ2) is 6.87. The molecule has 3 rings (SSSR count). The number of hydrogen-bond donors (Lipinski definition) is 0. The Balaban J connectivity index is 1.83. The smallest absolute Gasteiger partial charge is 0.231 e. The highest BCUT2D eigenvalue weighted by molar-refractivity contribution is 5.52. The van der Waals surface area contributed by atoms with E-state index in [0.29, 0.717) is 17.2 Å². The van der Waals surface area contributed by atoms with E-state index in [1.165, 1.54) is 12.1 Å². The summed E-state index contributed by atoms with van der Waals surface area (Å²) >= 11 is 0. The van der Waals surface area contributed by atoms with E-state index >= 15 is 0 Å². The topological polar surface area (TPSA) is 30.9 Å². The van der Waals surface area contributed by atoms with Crippen molar-refractivity contribution in [2.24, 2.45) is 0 Å². The summed E-state index contributed by atoms with van der Waals surface area (Å²) in [6.07, 6.45) is 0.595. The lowest BCUT2D eigenvalue weighted by atomic mass is 10.1. The first-order chi connectivity index (χ1) is 11.1. The maximum Gasteiger partial charge on any atom is 0.231 e. The van der Waals surface area contributed by atoms with Gasteiger partial charge in [-0.25, -0.2) is 4.39 Å². The molecule has 1 atom stereocenters. The number of ether oxygens (including phenoxy) is 3. The van der Waals surface area contributed by atoms with Gasteiger partial charge in [0.2, 0.25) is 12.5 Å². The van der Waals surface area contributed by atoms with E-state index in [-0.39, 0.29) is 18.7 Å². The van der Waals surface area contributed by atoms with Crippen molar-refractivity contribution in [2.75, 3.05) is 27.4 Å². The molecule has 1 unspecified atom stereocenters. The molecule has 0 bridgehead atoms. The van der Waals surface area contributed by atoms with Crippen LogP contribution in [0.25, 0.3) is 0 Å². The van der Waals surface area contributed by atoms with Crippen molar-refractivity contribution in [3.8, 4) is 17.2 Å². The van der Waals surface area contributed by atoms with E-state index in [4.69, 9.17) is 14.2 Å². The Labute approximate surface area is 135 Å². The minimum atomic E-state index is -0.252. The zero-order valence-corrected chi connectivity index (χ0v) is 13.3. The van der Waals surface area contributed by atoms with Gasteiger partial charge in [-0.05, 0) is 43.9 Å². The molecule has 1 heterocycles. The van der Waals surface area contributed by atoms with Crippen LogP contribution in [0.3, 0.4) is 0 Å². The largest absolute Gasteiger partial charge is 0.482 e. The van der Waals surface area contributed by atoms with E-state index in [2.05, 4.69) is 4.90 Å². The van der Waals surface area contributed by atoms with Crippen molar-refractivity contribution < 1.29 is 18.6 Å². The van der Waals surface area contributed by atoms with Crippen molar-refractivity contribution in [3.05, 3.63) is 53.8 Å². The minimum Gasteiger partial charge on any atom is -0.482 e. The first-order valence-electron chi connectivity index (χ1n) is 7.59. The Kier molecular flexibility index (Phi) is 4.67. The summed E-state index contributed by atoms with van der Waals surface area (Å²) in [5.74, 6) is 1.71.